The quantitative estimate of drug-likeness (QED) is 0.238. The van der Waals surface area contributed by atoms with Crippen molar-refractivity contribution >= 4 is 18.0 Å². The molecular weight excluding hydrogens is 398 g/mol. The van der Waals surface area contributed by atoms with E-state index in [1.54, 1.807) is 39.1 Å². The van der Waals surface area contributed by atoms with Gasteiger partial charge < -0.3 is 9.47 Å². The van der Waals surface area contributed by atoms with Crippen molar-refractivity contribution in [2.45, 2.75) is 79.4 Å². The lowest BCUT2D eigenvalue weighted by Crippen LogP contribution is -2.49. The van der Waals surface area contributed by atoms with Crippen LogP contribution in [0.25, 0.3) is 6.08 Å². The minimum atomic E-state index is -0.833. The van der Waals surface area contributed by atoms with Gasteiger partial charge in [-0.25, -0.2) is 10.3 Å². The number of carbonyl (C=O) groups excluding carboxylic acids is 2. The van der Waals surface area contributed by atoms with Gasteiger partial charge in [-0.2, -0.15) is 0 Å². The molecule has 0 saturated heterocycles. The number of hydrogen-bond donors (Lipinski definition) is 2. The predicted molar refractivity (Wildman–Crippen MR) is 120 cm³/mol. The molecule has 0 aromatic carbocycles. The minimum absolute atomic E-state index is 0.315. The smallest absolute Gasteiger partial charge is 0.326 e. The molecule has 174 valence electrons. The zero-order valence-electron chi connectivity index (χ0n) is 19.9. The van der Waals surface area contributed by atoms with Gasteiger partial charge in [0.1, 0.15) is 11.1 Å². The van der Waals surface area contributed by atoms with E-state index >= 15 is 0 Å². The van der Waals surface area contributed by atoms with Crippen LogP contribution in [0.2, 0.25) is 0 Å². The minimum Gasteiger partial charge on any atom is -0.459 e. The Morgan fingerprint density at radius 1 is 1.13 bits per heavy atom. The van der Waals surface area contributed by atoms with Gasteiger partial charge in [0.05, 0.1) is 12.3 Å². The van der Waals surface area contributed by atoms with Crippen LogP contribution >= 0.6 is 0 Å². The molecule has 0 bridgehead atoms. The molecule has 0 aliphatic heterocycles. The standard InChI is InChI=1S/C23H37N3O5/c1-16(2)15-29-17(3)31-26-20(27)12-11-19-10-9-18(13-24-19)14-25-23(7,8)21(28)30-22(4,5)6/h9-13,16-17,25H,14-15H2,1-8H3,(H,26,27)/b12-11+. The summed E-state index contributed by atoms with van der Waals surface area (Å²) in [6, 6.07) is 3.66. The highest BCUT2D eigenvalue weighted by atomic mass is 16.8. The van der Waals surface area contributed by atoms with Crippen molar-refractivity contribution in [3.63, 3.8) is 0 Å². The maximum absolute atomic E-state index is 12.3. The fraction of sp³-hybridized carbons (Fsp3) is 0.609. The Labute approximate surface area is 185 Å². The molecule has 31 heavy (non-hydrogen) atoms. The summed E-state index contributed by atoms with van der Waals surface area (Å²) < 4.78 is 10.8. The van der Waals surface area contributed by atoms with E-state index in [9.17, 15) is 9.59 Å². The lowest BCUT2D eigenvalue weighted by atomic mass is 10.0. The Morgan fingerprint density at radius 3 is 2.35 bits per heavy atom. The number of amides is 1. The van der Waals surface area contributed by atoms with Crippen molar-refractivity contribution in [3.8, 4) is 0 Å². The average molecular weight is 436 g/mol. The Kier molecular flexibility index (Phi) is 10.3. The van der Waals surface area contributed by atoms with Gasteiger partial charge in [-0.15, -0.1) is 0 Å². The highest BCUT2D eigenvalue weighted by molar-refractivity contribution is 5.90. The maximum Gasteiger partial charge on any atom is 0.326 e. The molecule has 2 N–H and O–H groups in total. The molecule has 0 saturated carbocycles. The molecule has 0 aliphatic carbocycles. The summed E-state index contributed by atoms with van der Waals surface area (Å²) in [5, 5.41) is 3.19. The van der Waals surface area contributed by atoms with Crippen molar-refractivity contribution in [2.24, 2.45) is 5.92 Å². The van der Waals surface area contributed by atoms with Crippen molar-refractivity contribution < 1.29 is 23.9 Å². The third-order valence-corrected chi connectivity index (χ3v) is 3.89. The Bertz CT molecular complexity index is 737. The summed E-state index contributed by atoms with van der Waals surface area (Å²) in [4.78, 5) is 33.6. The molecule has 1 aromatic rings. The number of rotatable bonds is 11. The normalized spacial score (nSPS) is 13.5. The highest BCUT2D eigenvalue weighted by Crippen LogP contribution is 2.15. The van der Waals surface area contributed by atoms with E-state index in [2.05, 4.69) is 15.8 Å². The van der Waals surface area contributed by atoms with Crippen molar-refractivity contribution in [3.05, 3.63) is 35.7 Å². The maximum atomic E-state index is 12.3. The summed E-state index contributed by atoms with van der Waals surface area (Å²) in [5.41, 5.74) is 2.47. The van der Waals surface area contributed by atoms with Gasteiger partial charge in [-0.3, -0.25) is 19.9 Å². The van der Waals surface area contributed by atoms with Crippen LogP contribution in [0.3, 0.4) is 0 Å². The van der Waals surface area contributed by atoms with Crippen LogP contribution in [0.15, 0.2) is 24.4 Å². The summed E-state index contributed by atoms with van der Waals surface area (Å²) >= 11 is 0. The van der Waals surface area contributed by atoms with Crippen LogP contribution in [-0.2, 0) is 30.4 Å². The third kappa shape index (κ3) is 11.6. The van der Waals surface area contributed by atoms with Crippen molar-refractivity contribution in [2.75, 3.05) is 6.61 Å². The topological polar surface area (TPSA) is 98.8 Å². The van der Waals surface area contributed by atoms with E-state index in [-0.39, 0.29) is 5.97 Å². The zero-order valence-corrected chi connectivity index (χ0v) is 19.9. The second-order valence-electron chi connectivity index (χ2n) is 9.28. The lowest BCUT2D eigenvalue weighted by molar-refractivity contribution is -0.180. The Morgan fingerprint density at radius 2 is 1.81 bits per heavy atom. The first-order chi connectivity index (χ1) is 14.3. The van der Waals surface area contributed by atoms with E-state index in [0.29, 0.717) is 24.8 Å². The van der Waals surface area contributed by atoms with E-state index in [1.165, 1.54) is 6.08 Å². The highest BCUT2D eigenvalue weighted by Gasteiger charge is 2.31. The summed E-state index contributed by atoms with van der Waals surface area (Å²) in [7, 11) is 0. The Hall–Kier alpha value is -2.29. The molecule has 1 amide bonds. The van der Waals surface area contributed by atoms with Crippen molar-refractivity contribution in [1.29, 1.82) is 0 Å². The van der Waals surface area contributed by atoms with Gasteiger partial charge in [0, 0.05) is 18.8 Å². The molecule has 1 atom stereocenters. The molecule has 0 fully saturated rings. The van der Waals surface area contributed by atoms with Crippen LogP contribution in [0.4, 0.5) is 0 Å². The predicted octanol–water partition coefficient (Wildman–Crippen LogP) is 3.37. The molecule has 0 aliphatic rings. The average Bonchev–Trinajstić information content (AvgIpc) is 2.67. The second-order valence-corrected chi connectivity index (χ2v) is 9.28. The molecule has 1 heterocycles. The molecular formula is C23H37N3O5. The van der Waals surface area contributed by atoms with Crippen LogP contribution < -0.4 is 10.8 Å². The first-order valence-corrected chi connectivity index (χ1v) is 10.5. The molecule has 1 aromatic heterocycles. The number of carbonyl (C=O) groups is 2. The number of nitrogens with one attached hydrogen (secondary N) is 2. The number of nitrogens with zero attached hydrogens (tertiary/aromatic N) is 1. The van der Waals surface area contributed by atoms with E-state index in [1.807, 2.05) is 40.7 Å². The van der Waals surface area contributed by atoms with Gasteiger partial charge in [-0.05, 0) is 65.2 Å². The molecule has 8 heteroatoms. The molecule has 0 radical (unpaired) electrons. The van der Waals surface area contributed by atoms with Crippen LogP contribution in [-0.4, -0.2) is 40.9 Å². The third-order valence-electron chi connectivity index (χ3n) is 3.89. The van der Waals surface area contributed by atoms with Gasteiger partial charge in [0.2, 0.25) is 0 Å². The number of hydrogen-bond acceptors (Lipinski definition) is 7. The largest absolute Gasteiger partial charge is 0.459 e. The fourth-order valence-electron chi connectivity index (χ4n) is 2.14. The summed E-state index contributed by atoms with van der Waals surface area (Å²) in [6.07, 6.45) is 4.07. The SMILES string of the molecule is CC(C)COC(C)ONC(=O)/C=C/c1ccc(CNC(C)(C)C(=O)OC(C)(C)C)cn1. The lowest BCUT2D eigenvalue weighted by Gasteiger charge is -2.29. The number of aromatic nitrogens is 1. The van der Waals surface area contributed by atoms with E-state index in [0.717, 1.165) is 5.56 Å². The molecule has 1 rings (SSSR count). The van der Waals surface area contributed by atoms with Gasteiger partial charge in [0.25, 0.3) is 5.91 Å². The first-order valence-electron chi connectivity index (χ1n) is 10.5. The first kappa shape index (κ1) is 26.7. The second kappa shape index (κ2) is 11.9. The van der Waals surface area contributed by atoms with Crippen molar-refractivity contribution in [1.82, 2.24) is 15.8 Å². The fourth-order valence-corrected chi connectivity index (χ4v) is 2.14. The molecule has 1 unspecified atom stereocenters. The summed E-state index contributed by atoms with van der Waals surface area (Å²) in [6.45, 7) is 15.8. The number of esters is 1. The number of hydroxylamine groups is 1. The van der Waals surface area contributed by atoms with Gasteiger partial charge >= 0.3 is 5.97 Å². The zero-order chi connectivity index (χ0) is 23.7. The monoisotopic (exact) mass is 435 g/mol. The number of pyridine rings is 1. The molecule has 0 spiro atoms. The van der Waals surface area contributed by atoms with E-state index in [4.69, 9.17) is 14.3 Å². The van der Waals surface area contributed by atoms with Crippen LogP contribution in [0.1, 0.15) is 66.6 Å². The van der Waals surface area contributed by atoms with Crippen LogP contribution in [0.5, 0.6) is 0 Å². The van der Waals surface area contributed by atoms with Gasteiger partial charge in [0.15, 0.2) is 6.29 Å². The Balaban J connectivity index is 2.49. The van der Waals surface area contributed by atoms with Gasteiger partial charge in [-0.1, -0.05) is 19.9 Å². The summed E-state index contributed by atoms with van der Waals surface area (Å²) in [5.74, 6) is -0.342. The number of ether oxygens (including phenoxy) is 2. The molecule has 8 nitrogen and oxygen atoms in total. The van der Waals surface area contributed by atoms with E-state index < -0.39 is 23.3 Å². The van der Waals surface area contributed by atoms with Crippen LogP contribution in [0, 0.1) is 5.92 Å².